The molecular weight excluding hydrogens is 230 g/mol. The Balaban J connectivity index is 2.10. The average Bonchev–Trinajstić information content (AvgIpc) is 2.42. The maximum atomic E-state index is 11.3. The Kier molecular flexibility index (Phi) is 6.30. The van der Waals surface area contributed by atoms with Gasteiger partial charge in [-0.05, 0) is 18.4 Å². The summed E-state index contributed by atoms with van der Waals surface area (Å²) in [5, 5.41) is 11.1. The highest BCUT2D eigenvalue weighted by Crippen LogP contribution is 2.00. The van der Waals surface area contributed by atoms with Gasteiger partial charge in [-0.1, -0.05) is 30.3 Å². The van der Waals surface area contributed by atoms with E-state index in [1.165, 1.54) is 0 Å². The lowest BCUT2D eigenvalue weighted by Crippen LogP contribution is -2.27. The number of amides is 1. The van der Waals surface area contributed by atoms with Crippen LogP contribution in [0.1, 0.15) is 18.4 Å². The molecule has 0 spiro atoms. The Morgan fingerprint density at radius 1 is 1.44 bits per heavy atom. The minimum Gasteiger partial charge on any atom is -0.445 e. The summed E-state index contributed by atoms with van der Waals surface area (Å²) in [6.07, 6.45) is 0.773. The monoisotopic (exact) mass is 247 g/mol. The van der Waals surface area contributed by atoms with Crippen LogP contribution in [-0.4, -0.2) is 18.7 Å². The zero-order valence-electron chi connectivity index (χ0n) is 10.1. The number of alkyl carbamates (subject to hydrolysis) is 1. The van der Waals surface area contributed by atoms with Crippen molar-refractivity contribution in [1.82, 2.24) is 5.32 Å². The number of rotatable bonds is 6. The number of hydrogen-bond acceptors (Lipinski definition) is 4. The second-order valence-electron chi connectivity index (χ2n) is 3.87. The number of nitrogens with two attached hydrogens (primary N) is 1. The number of ether oxygens (including phenoxy) is 1. The lowest BCUT2D eigenvalue weighted by Gasteiger charge is -2.07. The average molecular weight is 247 g/mol. The summed E-state index contributed by atoms with van der Waals surface area (Å²) in [5.74, 6) is 0. The van der Waals surface area contributed by atoms with E-state index in [1.54, 1.807) is 0 Å². The highest BCUT2D eigenvalue weighted by molar-refractivity contribution is 5.67. The Bertz CT molecular complexity index is 400. The number of nitrogens with zero attached hydrogens (tertiary/aromatic N) is 1. The van der Waals surface area contributed by atoms with Gasteiger partial charge in [0.25, 0.3) is 0 Å². The molecule has 0 aliphatic rings. The molecule has 0 saturated heterocycles. The molecule has 18 heavy (non-hydrogen) atoms. The van der Waals surface area contributed by atoms with Crippen LogP contribution in [0.3, 0.4) is 0 Å². The van der Waals surface area contributed by atoms with Crippen LogP contribution >= 0.6 is 0 Å². The molecule has 1 aromatic rings. The largest absolute Gasteiger partial charge is 0.445 e. The van der Waals surface area contributed by atoms with E-state index in [1.807, 2.05) is 36.4 Å². The molecule has 5 nitrogen and oxygen atoms in total. The molecule has 0 aliphatic carbocycles. The van der Waals surface area contributed by atoms with Crippen LogP contribution in [0.2, 0.25) is 0 Å². The summed E-state index contributed by atoms with van der Waals surface area (Å²) in [6.45, 7) is 0.716. The molecular formula is C13H17N3O2. The van der Waals surface area contributed by atoms with Gasteiger partial charge < -0.3 is 15.8 Å². The van der Waals surface area contributed by atoms with E-state index in [0.29, 0.717) is 19.4 Å². The van der Waals surface area contributed by atoms with Crippen molar-refractivity contribution in [1.29, 1.82) is 5.26 Å². The van der Waals surface area contributed by atoms with Crippen LogP contribution in [0.4, 0.5) is 4.79 Å². The molecule has 1 unspecified atom stereocenters. The summed E-state index contributed by atoms with van der Waals surface area (Å²) >= 11 is 0. The third-order valence-electron chi connectivity index (χ3n) is 2.34. The predicted octanol–water partition coefficient (Wildman–Crippen LogP) is 1.54. The van der Waals surface area contributed by atoms with E-state index >= 15 is 0 Å². The normalized spacial score (nSPS) is 11.3. The van der Waals surface area contributed by atoms with Crippen LogP contribution in [0.5, 0.6) is 0 Å². The maximum Gasteiger partial charge on any atom is 0.407 e. The first-order chi connectivity index (χ1) is 8.72. The lowest BCUT2D eigenvalue weighted by molar-refractivity contribution is 0.139. The van der Waals surface area contributed by atoms with Crippen LogP contribution in [0, 0.1) is 11.3 Å². The molecule has 5 heteroatoms. The molecule has 0 radical (unpaired) electrons. The standard InChI is InChI=1S/C13H17N3O2/c14-9-12(15)7-4-8-16-13(17)18-10-11-5-2-1-3-6-11/h1-3,5-6,12H,4,7-8,10,15H2,(H,16,17). The van der Waals surface area contributed by atoms with Gasteiger partial charge in [-0.25, -0.2) is 4.79 Å². The Morgan fingerprint density at radius 3 is 2.83 bits per heavy atom. The third kappa shape index (κ3) is 5.87. The predicted molar refractivity (Wildman–Crippen MR) is 67.5 cm³/mol. The summed E-state index contributed by atoms with van der Waals surface area (Å²) < 4.78 is 5.02. The number of benzene rings is 1. The fourth-order valence-electron chi connectivity index (χ4n) is 1.35. The van der Waals surface area contributed by atoms with Gasteiger partial charge in [0, 0.05) is 6.54 Å². The number of hydrogen-bond donors (Lipinski definition) is 2. The van der Waals surface area contributed by atoms with E-state index in [4.69, 9.17) is 15.7 Å². The van der Waals surface area contributed by atoms with Gasteiger partial charge in [0.2, 0.25) is 0 Å². The first-order valence-corrected chi connectivity index (χ1v) is 5.82. The Morgan fingerprint density at radius 2 is 2.17 bits per heavy atom. The van der Waals surface area contributed by atoms with Gasteiger partial charge in [-0.3, -0.25) is 0 Å². The van der Waals surface area contributed by atoms with Gasteiger partial charge in [0.15, 0.2) is 0 Å². The van der Waals surface area contributed by atoms with Crippen molar-refractivity contribution in [2.24, 2.45) is 5.73 Å². The number of nitriles is 1. The zero-order valence-corrected chi connectivity index (χ0v) is 10.1. The van der Waals surface area contributed by atoms with E-state index in [2.05, 4.69) is 5.32 Å². The van der Waals surface area contributed by atoms with Crippen LogP contribution in [0.25, 0.3) is 0 Å². The fourth-order valence-corrected chi connectivity index (χ4v) is 1.35. The van der Waals surface area contributed by atoms with Crippen LogP contribution in [-0.2, 0) is 11.3 Å². The van der Waals surface area contributed by atoms with Gasteiger partial charge in [-0.15, -0.1) is 0 Å². The molecule has 3 N–H and O–H groups in total. The van der Waals surface area contributed by atoms with Crippen molar-refractivity contribution in [3.63, 3.8) is 0 Å². The second kappa shape index (κ2) is 8.09. The summed E-state index contributed by atoms with van der Waals surface area (Å²) in [4.78, 5) is 11.3. The van der Waals surface area contributed by atoms with E-state index in [0.717, 1.165) is 5.56 Å². The third-order valence-corrected chi connectivity index (χ3v) is 2.34. The number of carbonyl (C=O) groups excluding carboxylic acids is 1. The van der Waals surface area contributed by atoms with Gasteiger partial charge in [0.05, 0.1) is 12.1 Å². The minimum atomic E-state index is -0.466. The van der Waals surface area contributed by atoms with E-state index < -0.39 is 12.1 Å². The molecule has 0 fully saturated rings. The summed E-state index contributed by atoms with van der Waals surface area (Å²) in [5.41, 5.74) is 6.36. The molecule has 1 amide bonds. The molecule has 1 aromatic carbocycles. The Hall–Kier alpha value is -2.06. The van der Waals surface area contributed by atoms with E-state index in [-0.39, 0.29) is 6.61 Å². The zero-order chi connectivity index (χ0) is 13.2. The molecule has 0 heterocycles. The smallest absolute Gasteiger partial charge is 0.407 e. The van der Waals surface area contributed by atoms with Crippen LogP contribution in [0.15, 0.2) is 30.3 Å². The molecule has 0 aromatic heterocycles. The molecule has 1 atom stereocenters. The molecule has 1 rings (SSSR count). The van der Waals surface area contributed by atoms with Crippen molar-refractivity contribution in [3.05, 3.63) is 35.9 Å². The minimum absolute atomic E-state index is 0.254. The molecule has 0 saturated carbocycles. The van der Waals surface area contributed by atoms with Gasteiger partial charge >= 0.3 is 6.09 Å². The van der Waals surface area contributed by atoms with Crippen molar-refractivity contribution >= 4 is 6.09 Å². The van der Waals surface area contributed by atoms with Gasteiger partial charge in [0.1, 0.15) is 6.61 Å². The van der Waals surface area contributed by atoms with Crippen molar-refractivity contribution in [3.8, 4) is 6.07 Å². The van der Waals surface area contributed by atoms with E-state index in [9.17, 15) is 4.79 Å². The maximum absolute atomic E-state index is 11.3. The van der Waals surface area contributed by atoms with Crippen LogP contribution < -0.4 is 11.1 Å². The molecule has 96 valence electrons. The summed E-state index contributed by atoms with van der Waals surface area (Å²) in [7, 11) is 0. The SMILES string of the molecule is N#CC(N)CCCNC(=O)OCc1ccccc1. The van der Waals surface area contributed by atoms with Crippen molar-refractivity contribution < 1.29 is 9.53 Å². The van der Waals surface area contributed by atoms with Crippen molar-refractivity contribution in [2.75, 3.05) is 6.54 Å². The lowest BCUT2D eigenvalue weighted by atomic mass is 10.2. The fraction of sp³-hybridized carbons (Fsp3) is 0.385. The number of nitrogens with one attached hydrogen (secondary N) is 1. The topological polar surface area (TPSA) is 88.1 Å². The Labute approximate surface area is 107 Å². The first-order valence-electron chi connectivity index (χ1n) is 5.82. The van der Waals surface area contributed by atoms with Gasteiger partial charge in [-0.2, -0.15) is 5.26 Å². The first kappa shape index (κ1) is 14.0. The summed E-state index contributed by atoms with van der Waals surface area (Å²) in [6, 6.07) is 10.9. The van der Waals surface area contributed by atoms with Crippen molar-refractivity contribution in [2.45, 2.75) is 25.5 Å². The quantitative estimate of drug-likeness (QED) is 0.746. The molecule has 0 aliphatic heterocycles. The number of carbonyl (C=O) groups is 1. The highest BCUT2D eigenvalue weighted by Gasteiger charge is 2.03. The highest BCUT2D eigenvalue weighted by atomic mass is 16.5. The second-order valence-corrected chi connectivity index (χ2v) is 3.87. The molecule has 0 bridgehead atoms.